The fourth-order valence-electron chi connectivity index (χ4n) is 5.22. The van der Waals surface area contributed by atoms with Gasteiger partial charge in [0.1, 0.15) is 12.1 Å². The van der Waals surface area contributed by atoms with E-state index in [1.807, 2.05) is 41.3 Å². The topological polar surface area (TPSA) is 73.0 Å². The molecule has 7 nitrogen and oxygen atoms in total. The number of anilines is 1. The molecule has 0 radical (unpaired) electrons. The van der Waals surface area contributed by atoms with E-state index in [-0.39, 0.29) is 24.3 Å². The van der Waals surface area contributed by atoms with Crippen molar-refractivity contribution in [2.24, 2.45) is 0 Å². The highest BCUT2D eigenvalue weighted by molar-refractivity contribution is 6.35. The molecule has 1 N–H and O–H groups in total. The van der Waals surface area contributed by atoms with Crippen LogP contribution < -0.4 is 10.2 Å². The van der Waals surface area contributed by atoms with Gasteiger partial charge in [-0.2, -0.15) is 0 Å². The molecule has 0 aliphatic carbocycles. The molecule has 1 spiro atoms. The molecular weight excluding hydrogens is 511 g/mol. The maximum Gasteiger partial charge on any atom is 0.250 e. The number of para-hydroxylation sites is 1. The van der Waals surface area contributed by atoms with E-state index in [1.54, 1.807) is 17.0 Å². The summed E-state index contributed by atoms with van der Waals surface area (Å²) in [6, 6.07) is 15.1. The predicted molar refractivity (Wildman–Crippen MR) is 147 cm³/mol. The van der Waals surface area contributed by atoms with Crippen LogP contribution in [0.2, 0.25) is 10.0 Å². The standard InChI is InChI=1S/C28H34Cl2N4O3/c1-2-3-9-26(36)32-16-13-28(14-17-32)27(37)33(20-34(28)23-7-5-4-6-8-23)19-25(35)31-15-12-21-10-11-22(29)18-24(21)30/h4-8,10-11,18H,2-3,9,12-17,19-20H2,1H3,(H,31,35). The smallest absolute Gasteiger partial charge is 0.250 e. The summed E-state index contributed by atoms with van der Waals surface area (Å²) in [5.74, 6) is -0.103. The number of carbonyl (C=O) groups excluding carboxylic acids is 3. The molecule has 3 amide bonds. The third-order valence-electron chi connectivity index (χ3n) is 7.34. The van der Waals surface area contributed by atoms with Crippen molar-refractivity contribution in [3.05, 3.63) is 64.1 Å². The van der Waals surface area contributed by atoms with Crippen molar-refractivity contribution < 1.29 is 14.4 Å². The van der Waals surface area contributed by atoms with Gasteiger partial charge in [-0.3, -0.25) is 14.4 Å². The molecule has 2 aliphatic rings. The summed E-state index contributed by atoms with van der Waals surface area (Å²) in [6.45, 7) is 3.88. The number of likely N-dealkylation sites (tertiary alicyclic amines) is 1. The largest absolute Gasteiger partial charge is 0.354 e. The summed E-state index contributed by atoms with van der Waals surface area (Å²) < 4.78 is 0. The molecule has 0 bridgehead atoms. The van der Waals surface area contributed by atoms with Crippen molar-refractivity contribution in [2.75, 3.05) is 37.7 Å². The lowest BCUT2D eigenvalue weighted by Gasteiger charge is -2.43. The quantitative estimate of drug-likeness (QED) is 0.504. The second-order valence-corrected chi connectivity index (χ2v) is 10.6. The number of nitrogens with one attached hydrogen (secondary N) is 1. The number of piperidine rings is 1. The normalized spacial score (nSPS) is 16.9. The van der Waals surface area contributed by atoms with E-state index in [0.717, 1.165) is 24.1 Å². The summed E-state index contributed by atoms with van der Waals surface area (Å²) in [4.78, 5) is 44.8. The van der Waals surface area contributed by atoms with Crippen molar-refractivity contribution in [1.82, 2.24) is 15.1 Å². The molecule has 2 aromatic carbocycles. The van der Waals surface area contributed by atoms with Gasteiger partial charge < -0.3 is 20.0 Å². The zero-order valence-electron chi connectivity index (χ0n) is 21.2. The Morgan fingerprint density at radius 3 is 2.46 bits per heavy atom. The Labute approximate surface area is 228 Å². The van der Waals surface area contributed by atoms with E-state index >= 15 is 0 Å². The highest BCUT2D eigenvalue weighted by Gasteiger charge is 2.54. The van der Waals surface area contributed by atoms with Gasteiger partial charge in [-0.1, -0.05) is 60.8 Å². The van der Waals surface area contributed by atoms with Crippen LogP contribution in [-0.2, 0) is 20.8 Å². The van der Waals surface area contributed by atoms with Crippen LogP contribution in [0.1, 0.15) is 44.6 Å². The van der Waals surface area contributed by atoms with Gasteiger partial charge in [0.15, 0.2) is 0 Å². The summed E-state index contributed by atoms with van der Waals surface area (Å²) in [5.41, 5.74) is 1.10. The second-order valence-electron chi connectivity index (χ2n) is 9.76. The molecule has 0 atom stereocenters. The average molecular weight is 546 g/mol. The molecule has 0 unspecified atom stereocenters. The van der Waals surface area contributed by atoms with E-state index in [4.69, 9.17) is 23.2 Å². The first kappa shape index (κ1) is 27.3. The van der Waals surface area contributed by atoms with Gasteiger partial charge in [-0.05, 0) is 55.5 Å². The Morgan fingerprint density at radius 1 is 1.05 bits per heavy atom. The summed E-state index contributed by atoms with van der Waals surface area (Å²) in [6.07, 6.45) is 4.07. The molecule has 198 valence electrons. The van der Waals surface area contributed by atoms with Crippen LogP contribution in [-0.4, -0.2) is 65.9 Å². The number of carbonyl (C=O) groups is 3. The lowest BCUT2D eigenvalue weighted by Crippen LogP contribution is -2.57. The highest BCUT2D eigenvalue weighted by Crippen LogP contribution is 2.39. The Morgan fingerprint density at radius 2 is 1.78 bits per heavy atom. The Kier molecular flexibility index (Phi) is 8.98. The van der Waals surface area contributed by atoms with Crippen LogP contribution >= 0.6 is 23.2 Å². The minimum Gasteiger partial charge on any atom is -0.354 e. The van der Waals surface area contributed by atoms with Crippen molar-refractivity contribution in [2.45, 2.75) is 51.0 Å². The number of hydrogen-bond donors (Lipinski definition) is 1. The van der Waals surface area contributed by atoms with Crippen LogP contribution in [0.15, 0.2) is 48.5 Å². The lowest BCUT2D eigenvalue weighted by atomic mass is 9.85. The summed E-state index contributed by atoms with van der Waals surface area (Å²) in [7, 11) is 0. The molecule has 2 aliphatic heterocycles. The zero-order valence-corrected chi connectivity index (χ0v) is 22.7. The zero-order chi connectivity index (χ0) is 26.4. The maximum atomic E-state index is 13.8. The number of rotatable bonds is 9. The molecule has 37 heavy (non-hydrogen) atoms. The minimum atomic E-state index is -0.750. The highest BCUT2D eigenvalue weighted by atomic mass is 35.5. The first-order valence-corrected chi connectivity index (χ1v) is 13.7. The Hall–Kier alpha value is -2.77. The van der Waals surface area contributed by atoms with E-state index in [1.165, 1.54) is 0 Å². The van der Waals surface area contributed by atoms with Gasteiger partial charge >= 0.3 is 0 Å². The first-order valence-electron chi connectivity index (χ1n) is 12.9. The van der Waals surface area contributed by atoms with Crippen LogP contribution in [0, 0.1) is 0 Å². The van der Waals surface area contributed by atoms with E-state index in [9.17, 15) is 14.4 Å². The lowest BCUT2D eigenvalue weighted by molar-refractivity contribution is -0.140. The van der Waals surface area contributed by atoms with Crippen LogP contribution in [0.4, 0.5) is 5.69 Å². The third kappa shape index (κ3) is 6.21. The fourth-order valence-corrected chi connectivity index (χ4v) is 5.73. The molecule has 2 heterocycles. The van der Waals surface area contributed by atoms with Gasteiger partial charge in [0.25, 0.3) is 5.91 Å². The SMILES string of the molecule is CCCCC(=O)N1CCC2(CC1)C(=O)N(CC(=O)NCCc1ccc(Cl)cc1Cl)CN2c1ccccc1. The number of unbranched alkanes of at least 4 members (excludes halogenated alkanes) is 1. The van der Waals surface area contributed by atoms with Crippen molar-refractivity contribution in [1.29, 1.82) is 0 Å². The molecule has 2 fully saturated rings. The predicted octanol–water partition coefficient (Wildman–Crippen LogP) is 4.51. The average Bonchev–Trinajstić information content (AvgIpc) is 3.15. The molecule has 0 saturated carbocycles. The number of amides is 3. The number of nitrogens with zero attached hydrogens (tertiary/aromatic N) is 3. The van der Waals surface area contributed by atoms with E-state index < -0.39 is 5.54 Å². The number of hydrogen-bond acceptors (Lipinski definition) is 4. The Bertz CT molecular complexity index is 1120. The van der Waals surface area contributed by atoms with Crippen LogP contribution in [0.5, 0.6) is 0 Å². The van der Waals surface area contributed by atoms with Crippen molar-refractivity contribution in [3.8, 4) is 0 Å². The molecule has 2 saturated heterocycles. The van der Waals surface area contributed by atoms with Gasteiger partial charge in [0.2, 0.25) is 11.8 Å². The van der Waals surface area contributed by atoms with E-state index in [0.29, 0.717) is 62.0 Å². The van der Waals surface area contributed by atoms with Gasteiger partial charge in [-0.25, -0.2) is 0 Å². The minimum absolute atomic E-state index is 0.0165. The second kappa shape index (κ2) is 12.2. The van der Waals surface area contributed by atoms with Gasteiger partial charge in [0, 0.05) is 41.8 Å². The summed E-state index contributed by atoms with van der Waals surface area (Å²) in [5, 5.41) is 4.05. The van der Waals surface area contributed by atoms with Gasteiger partial charge in [-0.15, -0.1) is 0 Å². The monoisotopic (exact) mass is 544 g/mol. The third-order valence-corrected chi connectivity index (χ3v) is 7.92. The molecular formula is C28H34Cl2N4O3. The van der Waals surface area contributed by atoms with Crippen molar-refractivity contribution >= 4 is 46.6 Å². The van der Waals surface area contributed by atoms with E-state index in [2.05, 4.69) is 17.1 Å². The number of halogens is 2. The molecule has 2 aromatic rings. The summed E-state index contributed by atoms with van der Waals surface area (Å²) >= 11 is 12.2. The number of benzene rings is 2. The van der Waals surface area contributed by atoms with Crippen LogP contribution in [0.3, 0.4) is 0 Å². The molecule has 4 rings (SSSR count). The molecule has 9 heteroatoms. The van der Waals surface area contributed by atoms with Gasteiger partial charge in [0.05, 0.1) is 6.67 Å². The van der Waals surface area contributed by atoms with Crippen molar-refractivity contribution in [3.63, 3.8) is 0 Å². The maximum absolute atomic E-state index is 13.8. The Balaban J connectivity index is 1.41. The molecule has 0 aromatic heterocycles. The fraction of sp³-hybridized carbons (Fsp3) is 0.464. The van der Waals surface area contributed by atoms with Crippen LogP contribution in [0.25, 0.3) is 0 Å². The first-order chi connectivity index (χ1) is 17.8.